The maximum atomic E-state index is 12.4. The van der Waals surface area contributed by atoms with Crippen molar-refractivity contribution in [3.8, 4) is 0 Å². The molecular formula is C19H24N2O. The van der Waals surface area contributed by atoms with Crippen LogP contribution in [0.5, 0.6) is 0 Å². The zero-order valence-corrected chi connectivity index (χ0v) is 13.4. The van der Waals surface area contributed by atoms with Crippen molar-refractivity contribution in [1.29, 1.82) is 0 Å². The van der Waals surface area contributed by atoms with Crippen molar-refractivity contribution in [3.05, 3.63) is 65.2 Å². The van der Waals surface area contributed by atoms with Crippen LogP contribution < -0.4 is 10.6 Å². The van der Waals surface area contributed by atoms with Gasteiger partial charge in [0.1, 0.15) is 0 Å². The average molecular weight is 296 g/mol. The van der Waals surface area contributed by atoms with Crippen molar-refractivity contribution in [2.75, 3.05) is 11.9 Å². The van der Waals surface area contributed by atoms with Crippen LogP contribution in [0, 0.1) is 0 Å². The molecule has 0 aliphatic carbocycles. The molecule has 3 nitrogen and oxygen atoms in total. The third kappa shape index (κ3) is 4.43. The van der Waals surface area contributed by atoms with Crippen molar-refractivity contribution in [2.45, 2.75) is 33.2 Å². The number of benzene rings is 2. The van der Waals surface area contributed by atoms with Gasteiger partial charge in [0, 0.05) is 17.8 Å². The van der Waals surface area contributed by atoms with E-state index in [0.29, 0.717) is 5.56 Å². The van der Waals surface area contributed by atoms with Gasteiger partial charge in [-0.1, -0.05) is 50.6 Å². The average Bonchev–Trinajstić information content (AvgIpc) is 2.55. The summed E-state index contributed by atoms with van der Waals surface area (Å²) >= 11 is 0. The van der Waals surface area contributed by atoms with E-state index in [1.165, 1.54) is 5.56 Å². The highest BCUT2D eigenvalue weighted by atomic mass is 16.1. The summed E-state index contributed by atoms with van der Waals surface area (Å²) in [6, 6.07) is 15.8. The van der Waals surface area contributed by atoms with Gasteiger partial charge >= 0.3 is 0 Å². The van der Waals surface area contributed by atoms with Crippen LogP contribution in [0.25, 0.3) is 0 Å². The van der Waals surface area contributed by atoms with Gasteiger partial charge in [-0.05, 0) is 42.3 Å². The molecule has 1 amide bonds. The number of aryl methyl sites for hydroxylation is 1. The molecule has 0 radical (unpaired) electrons. The number of hydrogen-bond acceptors (Lipinski definition) is 2. The molecule has 0 atom stereocenters. The van der Waals surface area contributed by atoms with Gasteiger partial charge in [0.15, 0.2) is 0 Å². The summed E-state index contributed by atoms with van der Waals surface area (Å²) in [6.45, 7) is 5.88. The molecule has 0 saturated carbocycles. The Hall–Kier alpha value is -2.13. The Morgan fingerprint density at radius 2 is 1.73 bits per heavy atom. The number of anilines is 1. The lowest BCUT2D eigenvalue weighted by Gasteiger charge is -2.11. The first kappa shape index (κ1) is 16.2. The summed E-state index contributed by atoms with van der Waals surface area (Å²) in [5.74, 6) is -0.0630. The Labute approximate surface area is 132 Å². The number of para-hydroxylation sites is 1. The lowest BCUT2D eigenvalue weighted by atomic mass is 10.1. The zero-order valence-electron chi connectivity index (χ0n) is 13.4. The second kappa shape index (κ2) is 8.35. The van der Waals surface area contributed by atoms with E-state index in [-0.39, 0.29) is 5.91 Å². The summed E-state index contributed by atoms with van der Waals surface area (Å²) in [5.41, 5.74) is 3.93. The molecule has 2 rings (SSSR count). The van der Waals surface area contributed by atoms with Crippen LogP contribution >= 0.6 is 0 Å². The minimum atomic E-state index is -0.0630. The number of rotatable bonds is 7. The predicted octanol–water partition coefficient (Wildman–Crippen LogP) is 4.00. The van der Waals surface area contributed by atoms with Crippen LogP contribution in [0.4, 0.5) is 5.69 Å². The van der Waals surface area contributed by atoms with Gasteiger partial charge in [-0.2, -0.15) is 0 Å². The molecule has 0 spiro atoms. The molecule has 0 aromatic heterocycles. The smallest absolute Gasteiger partial charge is 0.255 e. The number of hydrogen-bond donors (Lipinski definition) is 2. The van der Waals surface area contributed by atoms with Crippen molar-refractivity contribution in [1.82, 2.24) is 5.32 Å². The first-order chi connectivity index (χ1) is 10.7. The molecule has 2 aromatic rings. The Bertz CT molecular complexity index is 605. The maximum absolute atomic E-state index is 12.4. The Morgan fingerprint density at radius 1 is 1.00 bits per heavy atom. The summed E-state index contributed by atoms with van der Waals surface area (Å²) in [4.78, 5) is 12.4. The standard InChI is InChI=1S/C19H24N2O/c1-3-7-15-10-12-16(13-11-15)19(22)21-18-9-6-5-8-17(18)14-20-4-2/h5-6,8-13,20H,3-4,7,14H2,1-2H3,(H,21,22). The Morgan fingerprint density at radius 3 is 2.41 bits per heavy atom. The van der Waals surface area contributed by atoms with Gasteiger partial charge in [0.2, 0.25) is 0 Å². The molecule has 0 saturated heterocycles. The lowest BCUT2D eigenvalue weighted by molar-refractivity contribution is 0.102. The highest BCUT2D eigenvalue weighted by Gasteiger charge is 2.08. The Kier molecular flexibility index (Phi) is 6.16. The highest BCUT2D eigenvalue weighted by Crippen LogP contribution is 2.16. The van der Waals surface area contributed by atoms with E-state index in [1.807, 2.05) is 48.5 Å². The van der Waals surface area contributed by atoms with Crippen LogP contribution in [0.2, 0.25) is 0 Å². The van der Waals surface area contributed by atoms with E-state index in [4.69, 9.17) is 0 Å². The second-order valence-electron chi connectivity index (χ2n) is 5.34. The molecule has 116 valence electrons. The van der Waals surface area contributed by atoms with Gasteiger partial charge < -0.3 is 10.6 Å². The van der Waals surface area contributed by atoms with Crippen molar-refractivity contribution in [3.63, 3.8) is 0 Å². The van der Waals surface area contributed by atoms with E-state index < -0.39 is 0 Å². The number of amides is 1. The molecule has 0 aliphatic rings. The highest BCUT2D eigenvalue weighted by molar-refractivity contribution is 6.04. The summed E-state index contributed by atoms with van der Waals surface area (Å²) in [6.07, 6.45) is 2.16. The molecule has 22 heavy (non-hydrogen) atoms. The van der Waals surface area contributed by atoms with Crippen LogP contribution in [0.15, 0.2) is 48.5 Å². The van der Waals surface area contributed by atoms with E-state index in [9.17, 15) is 4.79 Å². The van der Waals surface area contributed by atoms with E-state index in [2.05, 4.69) is 24.5 Å². The SMILES string of the molecule is CCCc1ccc(C(=O)Nc2ccccc2CNCC)cc1. The summed E-state index contributed by atoms with van der Waals surface area (Å²) in [5, 5.41) is 6.30. The molecule has 3 heteroatoms. The van der Waals surface area contributed by atoms with Gasteiger partial charge in [0.05, 0.1) is 0 Å². The first-order valence-electron chi connectivity index (χ1n) is 7.93. The fraction of sp³-hybridized carbons (Fsp3) is 0.316. The molecule has 0 heterocycles. The topological polar surface area (TPSA) is 41.1 Å². The third-order valence-electron chi connectivity index (χ3n) is 3.59. The van der Waals surface area contributed by atoms with Gasteiger partial charge in [0.25, 0.3) is 5.91 Å². The Balaban J connectivity index is 2.08. The molecule has 0 fully saturated rings. The quantitative estimate of drug-likeness (QED) is 0.811. The molecule has 0 unspecified atom stereocenters. The molecular weight excluding hydrogens is 272 g/mol. The summed E-state index contributed by atoms with van der Waals surface area (Å²) < 4.78 is 0. The number of nitrogens with one attached hydrogen (secondary N) is 2. The monoisotopic (exact) mass is 296 g/mol. The second-order valence-corrected chi connectivity index (χ2v) is 5.34. The fourth-order valence-corrected chi connectivity index (χ4v) is 2.36. The minimum Gasteiger partial charge on any atom is -0.322 e. The fourth-order valence-electron chi connectivity index (χ4n) is 2.36. The van der Waals surface area contributed by atoms with Gasteiger partial charge in [-0.25, -0.2) is 0 Å². The predicted molar refractivity (Wildman–Crippen MR) is 92.2 cm³/mol. The van der Waals surface area contributed by atoms with Gasteiger partial charge in [-0.15, -0.1) is 0 Å². The maximum Gasteiger partial charge on any atom is 0.255 e. The van der Waals surface area contributed by atoms with E-state index >= 15 is 0 Å². The molecule has 0 bridgehead atoms. The van der Waals surface area contributed by atoms with E-state index in [1.54, 1.807) is 0 Å². The summed E-state index contributed by atoms with van der Waals surface area (Å²) in [7, 11) is 0. The van der Waals surface area contributed by atoms with Crippen LogP contribution in [-0.4, -0.2) is 12.5 Å². The van der Waals surface area contributed by atoms with Crippen molar-refractivity contribution < 1.29 is 4.79 Å². The third-order valence-corrected chi connectivity index (χ3v) is 3.59. The van der Waals surface area contributed by atoms with Crippen LogP contribution in [0.3, 0.4) is 0 Å². The minimum absolute atomic E-state index is 0.0630. The van der Waals surface area contributed by atoms with Crippen molar-refractivity contribution in [2.24, 2.45) is 0 Å². The first-order valence-corrected chi connectivity index (χ1v) is 7.93. The lowest BCUT2D eigenvalue weighted by Crippen LogP contribution is -2.17. The molecule has 2 aromatic carbocycles. The van der Waals surface area contributed by atoms with Crippen LogP contribution in [0.1, 0.15) is 41.8 Å². The van der Waals surface area contributed by atoms with Crippen molar-refractivity contribution >= 4 is 11.6 Å². The zero-order chi connectivity index (χ0) is 15.8. The number of carbonyl (C=O) groups excluding carboxylic acids is 1. The molecule has 0 aliphatic heterocycles. The van der Waals surface area contributed by atoms with Crippen LogP contribution in [-0.2, 0) is 13.0 Å². The van der Waals surface area contributed by atoms with Gasteiger partial charge in [-0.3, -0.25) is 4.79 Å². The largest absolute Gasteiger partial charge is 0.322 e. The normalized spacial score (nSPS) is 10.5. The number of carbonyl (C=O) groups is 1. The molecule has 2 N–H and O–H groups in total. The van der Waals surface area contributed by atoms with E-state index in [0.717, 1.165) is 37.2 Å².